The maximum Gasteiger partial charge on any atom is 0.212 e. The lowest BCUT2D eigenvalue weighted by Gasteiger charge is -2.34. The van der Waals surface area contributed by atoms with Crippen LogP contribution in [0.15, 0.2) is 85.3 Å². The van der Waals surface area contributed by atoms with E-state index in [0.29, 0.717) is 21.7 Å². The van der Waals surface area contributed by atoms with Gasteiger partial charge in [0.15, 0.2) is 11.6 Å². The Bertz CT molecular complexity index is 1970. The van der Waals surface area contributed by atoms with Gasteiger partial charge in [0.1, 0.15) is 5.75 Å². The molecule has 0 atom stereocenters. The smallest absolute Gasteiger partial charge is 0.212 e. The summed E-state index contributed by atoms with van der Waals surface area (Å²) in [5.41, 5.74) is 4.39. The fourth-order valence-electron chi connectivity index (χ4n) is 6.46. The van der Waals surface area contributed by atoms with Gasteiger partial charge in [-0.25, -0.2) is 4.98 Å². The van der Waals surface area contributed by atoms with Gasteiger partial charge in [-0.1, -0.05) is 53.5 Å². The molecule has 2 saturated heterocycles. The van der Waals surface area contributed by atoms with Crippen molar-refractivity contribution in [1.29, 1.82) is 0 Å². The molecule has 8 rings (SSSR count). The van der Waals surface area contributed by atoms with Crippen molar-refractivity contribution in [2.75, 3.05) is 89.5 Å². The second kappa shape index (κ2) is 19.6. The summed E-state index contributed by atoms with van der Waals surface area (Å²) in [4.78, 5) is 27.4. The summed E-state index contributed by atoms with van der Waals surface area (Å²) in [6.45, 7) is 10.1. The Morgan fingerprint density at radius 3 is 1.75 bits per heavy atom. The maximum atomic E-state index is 6.08. The topological polar surface area (TPSA) is 109 Å². The Hall–Kier alpha value is -4.44. The molecule has 2 aliphatic rings. The standard InChI is InChI=1S/2C20H22ClN5OS/c1-27-18-4-2-15(3-5-18)6-7-25-8-10-26(11-9-25)20-23-19(24-28-20)16-12-17(21)14-22-13-16;1-27-18-6-5-15(14-22-18)7-8-25-9-11-26(12-10-25)20-23-19(24-28-20)16-3-2-4-17(21)13-16/h2-5,12-14H,6-11H2,1H3;2-6,13-14H,7-12H2,1H3. The quantitative estimate of drug-likeness (QED) is 0.124. The number of nitrogens with zero attached hydrogens (tertiary/aromatic N) is 10. The normalized spacial score (nSPS) is 15.0. The molecule has 12 nitrogen and oxygen atoms in total. The highest BCUT2D eigenvalue weighted by molar-refractivity contribution is 7.10. The summed E-state index contributed by atoms with van der Waals surface area (Å²) in [6, 6.07) is 21.9. The number of methoxy groups -OCH3 is 2. The lowest BCUT2D eigenvalue weighted by atomic mass is 10.1. The summed E-state index contributed by atoms with van der Waals surface area (Å²) in [5.74, 6) is 3.00. The van der Waals surface area contributed by atoms with E-state index in [1.807, 2.05) is 54.7 Å². The SMILES string of the molecule is COc1ccc(CCN2CCN(c3nc(-c4cccc(Cl)c4)ns3)CC2)cn1.COc1ccc(CCN2CCN(c3nc(-c4cncc(Cl)c4)ns3)CC2)cc1. The number of halogens is 2. The van der Waals surface area contributed by atoms with E-state index in [1.165, 1.54) is 34.2 Å². The first-order valence-corrected chi connectivity index (χ1v) is 20.8. The Morgan fingerprint density at radius 1 is 0.607 bits per heavy atom. The molecule has 6 heterocycles. The Labute approximate surface area is 346 Å². The first-order valence-electron chi connectivity index (χ1n) is 18.5. The van der Waals surface area contributed by atoms with Crippen LogP contribution in [0.5, 0.6) is 11.6 Å². The number of piperazine rings is 2. The lowest BCUT2D eigenvalue weighted by Crippen LogP contribution is -2.47. The molecule has 2 aliphatic heterocycles. The van der Waals surface area contributed by atoms with E-state index in [9.17, 15) is 0 Å². The van der Waals surface area contributed by atoms with Gasteiger partial charge in [-0.05, 0) is 54.3 Å². The minimum atomic E-state index is 0.597. The van der Waals surface area contributed by atoms with Gasteiger partial charge in [-0.3, -0.25) is 14.8 Å². The van der Waals surface area contributed by atoms with E-state index >= 15 is 0 Å². The summed E-state index contributed by atoms with van der Waals surface area (Å²) >= 11 is 15.0. The number of hydrogen-bond donors (Lipinski definition) is 0. The third-order valence-corrected chi connectivity index (χ3v) is 11.8. The lowest BCUT2D eigenvalue weighted by molar-refractivity contribution is 0.261. The molecule has 4 aromatic heterocycles. The van der Waals surface area contributed by atoms with Crippen LogP contribution < -0.4 is 19.3 Å². The third kappa shape index (κ3) is 10.9. The van der Waals surface area contributed by atoms with E-state index < -0.39 is 0 Å². The molecule has 16 heteroatoms. The first kappa shape index (κ1) is 39.8. The van der Waals surface area contributed by atoms with Gasteiger partial charge in [-0.15, -0.1) is 0 Å². The van der Waals surface area contributed by atoms with Crippen molar-refractivity contribution >= 4 is 56.5 Å². The predicted molar refractivity (Wildman–Crippen MR) is 227 cm³/mol. The largest absolute Gasteiger partial charge is 0.497 e. The monoisotopic (exact) mass is 830 g/mol. The molecule has 292 valence electrons. The highest BCUT2D eigenvalue weighted by Gasteiger charge is 2.22. The molecular formula is C40H44Cl2N10O2S2. The molecule has 0 bridgehead atoms. The van der Waals surface area contributed by atoms with Crippen molar-refractivity contribution < 1.29 is 9.47 Å². The number of rotatable bonds is 12. The molecule has 0 unspecified atom stereocenters. The molecule has 0 N–H and O–H groups in total. The fourth-order valence-corrected chi connectivity index (χ4v) is 8.30. The van der Waals surface area contributed by atoms with Crippen molar-refractivity contribution in [3.8, 4) is 34.4 Å². The van der Waals surface area contributed by atoms with Crippen LogP contribution in [0, 0.1) is 0 Å². The average Bonchev–Trinajstić information content (AvgIpc) is 3.95. The molecular weight excluding hydrogens is 788 g/mol. The molecule has 2 fully saturated rings. The van der Waals surface area contributed by atoms with Crippen LogP contribution in [0.1, 0.15) is 11.1 Å². The Balaban J connectivity index is 0.000000172. The molecule has 2 aromatic carbocycles. The summed E-state index contributed by atoms with van der Waals surface area (Å²) in [6.07, 6.45) is 7.30. The number of benzene rings is 2. The number of aromatic nitrogens is 6. The van der Waals surface area contributed by atoms with Crippen molar-refractivity contribution in [3.63, 3.8) is 0 Å². The zero-order valence-electron chi connectivity index (χ0n) is 31.4. The van der Waals surface area contributed by atoms with Crippen molar-refractivity contribution in [2.45, 2.75) is 12.8 Å². The zero-order chi connectivity index (χ0) is 38.7. The highest BCUT2D eigenvalue weighted by Crippen LogP contribution is 2.28. The van der Waals surface area contributed by atoms with Crippen LogP contribution in [0.4, 0.5) is 10.3 Å². The first-order chi connectivity index (χ1) is 27.4. The number of pyridine rings is 2. The molecule has 56 heavy (non-hydrogen) atoms. The maximum absolute atomic E-state index is 6.08. The van der Waals surface area contributed by atoms with Gasteiger partial charge in [-0.2, -0.15) is 18.7 Å². The second-order valence-corrected chi connectivity index (χ2v) is 15.8. The highest BCUT2D eigenvalue weighted by atomic mass is 35.5. The Kier molecular flexibility index (Phi) is 13.9. The molecule has 0 amide bonds. The minimum Gasteiger partial charge on any atom is -0.497 e. The van der Waals surface area contributed by atoms with E-state index in [1.54, 1.807) is 26.6 Å². The van der Waals surface area contributed by atoms with Crippen LogP contribution in [0.3, 0.4) is 0 Å². The zero-order valence-corrected chi connectivity index (χ0v) is 34.6. The average molecular weight is 832 g/mol. The van der Waals surface area contributed by atoms with Crippen molar-refractivity contribution in [1.82, 2.24) is 38.5 Å². The van der Waals surface area contributed by atoms with Crippen molar-refractivity contribution in [2.24, 2.45) is 0 Å². The van der Waals surface area contributed by atoms with Gasteiger partial charge < -0.3 is 19.3 Å². The van der Waals surface area contributed by atoms with Crippen molar-refractivity contribution in [3.05, 3.63) is 106 Å². The number of anilines is 2. The van der Waals surface area contributed by atoms with Gasteiger partial charge in [0.2, 0.25) is 16.1 Å². The van der Waals surface area contributed by atoms with Gasteiger partial charge in [0, 0.05) is 129 Å². The van der Waals surface area contributed by atoms with Crippen LogP contribution in [0.2, 0.25) is 10.0 Å². The van der Waals surface area contributed by atoms with Gasteiger partial charge in [0.25, 0.3) is 0 Å². The molecule has 0 radical (unpaired) electrons. The molecule has 0 saturated carbocycles. The summed E-state index contributed by atoms with van der Waals surface area (Å²) < 4.78 is 19.3. The molecule has 6 aromatic rings. The van der Waals surface area contributed by atoms with Crippen LogP contribution in [-0.2, 0) is 12.8 Å². The van der Waals surface area contributed by atoms with E-state index in [0.717, 1.165) is 111 Å². The van der Waals surface area contributed by atoms with E-state index in [-0.39, 0.29) is 0 Å². The summed E-state index contributed by atoms with van der Waals surface area (Å²) in [5, 5.41) is 3.24. The van der Waals surface area contributed by atoms with Gasteiger partial charge >= 0.3 is 0 Å². The molecule has 0 spiro atoms. The number of hydrogen-bond acceptors (Lipinski definition) is 14. The van der Waals surface area contributed by atoms with Crippen LogP contribution in [0.25, 0.3) is 22.8 Å². The fraction of sp³-hybridized carbons (Fsp3) is 0.350. The van der Waals surface area contributed by atoms with Crippen LogP contribution in [-0.4, -0.2) is 118 Å². The minimum absolute atomic E-state index is 0.597. The number of ether oxygens (including phenoxy) is 2. The predicted octanol–water partition coefficient (Wildman–Crippen LogP) is 7.25. The van der Waals surface area contributed by atoms with E-state index in [2.05, 4.69) is 61.5 Å². The summed E-state index contributed by atoms with van der Waals surface area (Å²) in [7, 11) is 3.33. The van der Waals surface area contributed by atoms with Gasteiger partial charge in [0.05, 0.1) is 19.2 Å². The van der Waals surface area contributed by atoms with Crippen LogP contribution >= 0.6 is 46.3 Å². The molecule has 0 aliphatic carbocycles. The van der Waals surface area contributed by atoms with E-state index in [4.69, 9.17) is 37.7 Å². The Morgan fingerprint density at radius 2 is 1.20 bits per heavy atom. The second-order valence-electron chi connectivity index (χ2n) is 13.4. The third-order valence-electron chi connectivity index (χ3n) is 9.76.